The quantitative estimate of drug-likeness (QED) is 0.388. The predicted octanol–water partition coefficient (Wildman–Crippen LogP) is 4.01. The van der Waals surface area contributed by atoms with Crippen molar-refractivity contribution < 1.29 is 0 Å². The van der Waals surface area contributed by atoms with Gasteiger partial charge in [0.2, 0.25) is 0 Å². The van der Waals surface area contributed by atoms with E-state index in [1.54, 1.807) is 0 Å². The molecule has 1 saturated carbocycles. The van der Waals surface area contributed by atoms with Crippen LogP contribution >= 0.6 is 24.0 Å². The molecule has 2 aliphatic rings. The minimum atomic E-state index is 0. The molecule has 1 heterocycles. The standard InChI is InChI=1S/C21H34N4.HI/c1-21(12-6-7-13-21)17-23-20(22-2)24-19-10-14-25(15-11-19)16-18-8-4-3-5-9-18;/h3-5,8-9,19H,6-7,10-17H2,1-2H3,(H2,22,23,24);1H. The minimum Gasteiger partial charge on any atom is -0.356 e. The second kappa shape index (κ2) is 10.5. The van der Waals surface area contributed by atoms with Gasteiger partial charge >= 0.3 is 0 Å². The van der Waals surface area contributed by atoms with Crippen molar-refractivity contribution in [1.29, 1.82) is 0 Å². The van der Waals surface area contributed by atoms with E-state index in [9.17, 15) is 0 Å². The smallest absolute Gasteiger partial charge is 0.191 e. The van der Waals surface area contributed by atoms with Crippen LogP contribution in [0.15, 0.2) is 35.3 Å². The van der Waals surface area contributed by atoms with Crippen molar-refractivity contribution in [1.82, 2.24) is 15.5 Å². The number of aliphatic imine (C=N–C) groups is 1. The van der Waals surface area contributed by atoms with Crippen LogP contribution in [0.5, 0.6) is 0 Å². The Bertz CT molecular complexity index is 546. The van der Waals surface area contributed by atoms with Crippen molar-refractivity contribution in [3.05, 3.63) is 35.9 Å². The number of nitrogens with zero attached hydrogens (tertiary/aromatic N) is 2. The molecule has 0 aromatic heterocycles. The maximum absolute atomic E-state index is 4.44. The number of rotatable bonds is 5. The van der Waals surface area contributed by atoms with E-state index >= 15 is 0 Å². The second-order valence-corrected chi connectivity index (χ2v) is 8.12. The van der Waals surface area contributed by atoms with Crippen LogP contribution in [0.25, 0.3) is 0 Å². The lowest BCUT2D eigenvalue weighted by molar-refractivity contribution is 0.198. The highest BCUT2D eigenvalue weighted by Gasteiger charge is 2.29. The molecule has 146 valence electrons. The summed E-state index contributed by atoms with van der Waals surface area (Å²) < 4.78 is 0. The lowest BCUT2D eigenvalue weighted by Crippen LogP contribution is -2.50. The molecule has 0 radical (unpaired) electrons. The van der Waals surface area contributed by atoms with E-state index < -0.39 is 0 Å². The third-order valence-corrected chi connectivity index (χ3v) is 5.89. The van der Waals surface area contributed by atoms with Crippen LogP contribution in [-0.2, 0) is 6.54 Å². The van der Waals surface area contributed by atoms with E-state index in [0.29, 0.717) is 11.5 Å². The van der Waals surface area contributed by atoms with Crippen molar-refractivity contribution in [2.45, 2.75) is 58.0 Å². The summed E-state index contributed by atoms with van der Waals surface area (Å²) in [6.07, 6.45) is 7.81. The van der Waals surface area contributed by atoms with Gasteiger partial charge in [-0.2, -0.15) is 0 Å². The first-order valence-electron chi connectivity index (χ1n) is 9.90. The van der Waals surface area contributed by atoms with Gasteiger partial charge in [-0.1, -0.05) is 50.1 Å². The molecule has 2 fully saturated rings. The highest BCUT2D eigenvalue weighted by atomic mass is 127. The Morgan fingerprint density at radius 2 is 1.81 bits per heavy atom. The zero-order valence-electron chi connectivity index (χ0n) is 16.3. The van der Waals surface area contributed by atoms with Gasteiger partial charge in [-0.3, -0.25) is 9.89 Å². The summed E-state index contributed by atoms with van der Waals surface area (Å²) in [7, 11) is 1.89. The molecule has 0 amide bonds. The Kier molecular flexibility index (Phi) is 8.67. The van der Waals surface area contributed by atoms with Gasteiger partial charge in [0.15, 0.2) is 5.96 Å². The number of hydrogen-bond acceptors (Lipinski definition) is 2. The van der Waals surface area contributed by atoms with Gasteiger partial charge in [0.1, 0.15) is 0 Å². The monoisotopic (exact) mass is 470 g/mol. The number of halogens is 1. The molecular formula is C21H35IN4. The first-order chi connectivity index (χ1) is 12.2. The molecule has 0 spiro atoms. The Balaban J connectivity index is 0.00000243. The Morgan fingerprint density at radius 3 is 2.42 bits per heavy atom. The number of piperidine rings is 1. The Morgan fingerprint density at radius 1 is 1.15 bits per heavy atom. The van der Waals surface area contributed by atoms with Gasteiger partial charge in [-0.25, -0.2) is 0 Å². The van der Waals surface area contributed by atoms with Gasteiger partial charge in [-0.05, 0) is 36.7 Å². The van der Waals surface area contributed by atoms with Crippen LogP contribution in [0.2, 0.25) is 0 Å². The lowest BCUT2D eigenvalue weighted by atomic mass is 9.89. The molecule has 1 aliphatic heterocycles. The van der Waals surface area contributed by atoms with Gasteiger partial charge in [0, 0.05) is 39.3 Å². The van der Waals surface area contributed by atoms with E-state index in [2.05, 4.69) is 57.8 Å². The SMILES string of the molecule is CN=C(NCC1(C)CCCC1)NC1CCN(Cc2ccccc2)CC1.I. The molecule has 2 N–H and O–H groups in total. The molecule has 1 saturated heterocycles. The van der Waals surface area contributed by atoms with Gasteiger partial charge in [-0.15, -0.1) is 24.0 Å². The highest BCUT2D eigenvalue weighted by Crippen LogP contribution is 2.36. The van der Waals surface area contributed by atoms with Gasteiger partial charge in [0.25, 0.3) is 0 Å². The van der Waals surface area contributed by atoms with Crippen LogP contribution in [0.3, 0.4) is 0 Å². The summed E-state index contributed by atoms with van der Waals surface area (Å²) >= 11 is 0. The van der Waals surface area contributed by atoms with Crippen LogP contribution in [0, 0.1) is 5.41 Å². The average Bonchev–Trinajstić information content (AvgIpc) is 3.08. The van der Waals surface area contributed by atoms with Crippen molar-refractivity contribution in [2.24, 2.45) is 10.4 Å². The number of benzene rings is 1. The van der Waals surface area contributed by atoms with Gasteiger partial charge in [0.05, 0.1) is 0 Å². The van der Waals surface area contributed by atoms with E-state index in [-0.39, 0.29) is 24.0 Å². The van der Waals surface area contributed by atoms with Crippen molar-refractivity contribution >= 4 is 29.9 Å². The zero-order chi connectivity index (χ0) is 17.5. The summed E-state index contributed by atoms with van der Waals surface area (Å²) in [4.78, 5) is 7.00. The van der Waals surface area contributed by atoms with Crippen LogP contribution in [0.1, 0.15) is 51.0 Å². The molecular weight excluding hydrogens is 435 g/mol. The topological polar surface area (TPSA) is 39.7 Å². The summed E-state index contributed by atoms with van der Waals surface area (Å²) in [5, 5.41) is 7.22. The fourth-order valence-corrected chi connectivity index (χ4v) is 4.17. The van der Waals surface area contributed by atoms with E-state index in [1.807, 2.05) is 7.05 Å². The normalized spacial score (nSPS) is 21.2. The van der Waals surface area contributed by atoms with Crippen LogP contribution < -0.4 is 10.6 Å². The zero-order valence-corrected chi connectivity index (χ0v) is 18.7. The molecule has 26 heavy (non-hydrogen) atoms. The largest absolute Gasteiger partial charge is 0.356 e. The number of guanidine groups is 1. The molecule has 1 aliphatic carbocycles. The van der Waals surface area contributed by atoms with E-state index in [4.69, 9.17) is 0 Å². The second-order valence-electron chi connectivity index (χ2n) is 8.12. The van der Waals surface area contributed by atoms with Crippen molar-refractivity contribution in [3.63, 3.8) is 0 Å². The summed E-state index contributed by atoms with van der Waals surface area (Å²) in [5.41, 5.74) is 1.87. The maximum Gasteiger partial charge on any atom is 0.191 e. The third kappa shape index (κ3) is 6.41. The maximum atomic E-state index is 4.44. The predicted molar refractivity (Wildman–Crippen MR) is 121 cm³/mol. The average molecular weight is 470 g/mol. The van der Waals surface area contributed by atoms with Crippen LogP contribution in [0.4, 0.5) is 0 Å². The van der Waals surface area contributed by atoms with Gasteiger partial charge < -0.3 is 10.6 Å². The number of likely N-dealkylation sites (tertiary alicyclic amines) is 1. The number of nitrogens with one attached hydrogen (secondary N) is 2. The molecule has 0 bridgehead atoms. The molecule has 1 aromatic rings. The first-order valence-corrected chi connectivity index (χ1v) is 9.90. The van der Waals surface area contributed by atoms with Crippen molar-refractivity contribution in [3.8, 4) is 0 Å². The molecule has 4 nitrogen and oxygen atoms in total. The van der Waals surface area contributed by atoms with E-state index in [0.717, 1.165) is 32.1 Å². The lowest BCUT2D eigenvalue weighted by Gasteiger charge is -2.33. The fourth-order valence-electron chi connectivity index (χ4n) is 4.17. The van der Waals surface area contributed by atoms with Crippen LogP contribution in [-0.4, -0.2) is 43.6 Å². The minimum absolute atomic E-state index is 0. The number of hydrogen-bond donors (Lipinski definition) is 2. The summed E-state index contributed by atoms with van der Waals surface area (Å²) in [6.45, 7) is 6.82. The third-order valence-electron chi connectivity index (χ3n) is 5.89. The Hall–Kier alpha value is -0.820. The molecule has 5 heteroatoms. The Labute approximate surface area is 176 Å². The van der Waals surface area contributed by atoms with E-state index in [1.165, 1.54) is 44.1 Å². The summed E-state index contributed by atoms with van der Waals surface area (Å²) in [6, 6.07) is 11.3. The summed E-state index contributed by atoms with van der Waals surface area (Å²) in [5.74, 6) is 0.981. The molecule has 3 rings (SSSR count). The van der Waals surface area contributed by atoms with Crippen molar-refractivity contribution in [2.75, 3.05) is 26.7 Å². The molecule has 0 unspecified atom stereocenters. The molecule has 1 aromatic carbocycles. The highest BCUT2D eigenvalue weighted by molar-refractivity contribution is 14.0. The first kappa shape index (κ1) is 21.5. The molecule has 0 atom stereocenters. The fraction of sp³-hybridized carbons (Fsp3) is 0.667.